The monoisotopic (exact) mass is 333 g/mol. The molecule has 0 amide bonds. The van der Waals surface area contributed by atoms with E-state index in [0.717, 1.165) is 29.7 Å². The molecular weight excluding hydrogens is 306 g/mol. The van der Waals surface area contributed by atoms with Gasteiger partial charge in [-0.15, -0.1) is 6.58 Å². The number of rotatable bonds is 6. The SMILES string of the molecule is C=C[C@@H](N=C(c1ccccc1)c1ccccc1)[C@@H](O)C1CCCCC1. The summed E-state index contributed by atoms with van der Waals surface area (Å²) < 4.78 is 0. The molecule has 1 aliphatic rings. The molecule has 1 N–H and O–H groups in total. The van der Waals surface area contributed by atoms with Crippen molar-refractivity contribution in [3.8, 4) is 0 Å². The first kappa shape index (κ1) is 17.6. The van der Waals surface area contributed by atoms with E-state index in [0.29, 0.717) is 5.92 Å². The zero-order valence-corrected chi connectivity index (χ0v) is 14.7. The molecular formula is C23H27NO. The van der Waals surface area contributed by atoms with Crippen LogP contribution in [0.1, 0.15) is 43.2 Å². The molecule has 1 fully saturated rings. The van der Waals surface area contributed by atoms with Crippen molar-refractivity contribution >= 4 is 5.71 Å². The van der Waals surface area contributed by atoms with Crippen molar-refractivity contribution in [3.05, 3.63) is 84.4 Å². The van der Waals surface area contributed by atoms with Crippen molar-refractivity contribution in [3.63, 3.8) is 0 Å². The van der Waals surface area contributed by atoms with E-state index in [2.05, 4.69) is 30.8 Å². The Hall–Kier alpha value is -2.19. The second-order valence-corrected chi connectivity index (χ2v) is 6.82. The van der Waals surface area contributed by atoms with E-state index in [-0.39, 0.29) is 6.04 Å². The molecule has 1 saturated carbocycles. The fraction of sp³-hybridized carbons (Fsp3) is 0.348. The van der Waals surface area contributed by atoms with Crippen LogP contribution in [-0.4, -0.2) is 23.0 Å². The summed E-state index contributed by atoms with van der Waals surface area (Å²) in [4.78, 5) is 4.96. The highest BCUT2D eigenvalue weighted by atomic mass is 16.3. The van der Waals surface area contributed by atoms with Gasteiger partial charge in [-0.05, 0) is 18.8 Å². The third-order valence-electron chi connectivity index (χ3n) is 5.10. The molecule has 0 spiro atoms. The third kappa shape index (κ3) is 4.46. The van der Waals surface area contributed by atoms with Gasteiger partial charge in [-0.3, -0.25) is 4.99 Å². The molecule has 0 heterocycles. The van der Waals surface area contributed by atoms with Crippen molar-refractivity contribution in [2.24, 2.45) is 10.9 Å². The molecule has 130 valence electrons. The lowest BCUT2D eigenvalue weighted by molar-refractivity contribution is 0.0749. The normalized spacial score (nSPS) is 17.5. The number of aliphatic hydroxyl groups excluding tert-OH is 1. The van der Waals surface area contributed by atoms with Gasteiger partial charge in [-0.25, -0.2) is 0 Å². The third-order valence-corrected chi connectivity index (χ3v) is 5.10. The lowest BCUT2D eigenvalue weighted by Gasteiger charge is -2.29. The van der Waals surface area contributed by atoms with Gasteiger partial charge in [0.15, 0.2) is 0 Å². The Labute approximate surface area is 150 Å². The van der Waals surface area contributed by atoms with E-state index in [1.807, 2.05) is 36.4 Å². The first-order valence-electron chi connectivity index (χ1n) is 9.29. The van der Waals surface area contributed by atoms with Crippen molar-refractivity contribution < 1.29 is 5.11 Å². The summed E-state index contributed by atoms with van der Waals surface area (Å²) in [7, 11) is 0. The van der Waals surface area contributed by atoms with Gasteiger partial charge in [0.05, 0.1) is 17.9 Å². The van der Waals surface area contributed by atoms with Crippen molar-refractivity contribution in [1.29, 1.82) is 0 Å². The van der Waals surface area contributed by atoms with Gasteiger partial charge in [-0.1, -0.05) is 86.0 Å². The van der Waals surface area contributed by atoms with Crippen LogP contribution in [0, 0.1) is 5.92 Å². The quantitative estimate of drug-likeness (QED) is 0.584. The lowest BCUT2D eigenvalue weighted by atomic mass is 9.82. The van der Waals surface area contributed by atoms with Crippen LogP contribution in [0.15, 0.2) is 78.3 Å². The Morgan fingerprint density at radius 1 is 0.920 bits per heavy atom. The highest BCUT2D eigenvalue weighted by Gasteiger charge is 2.27. The average molecular weight is 333 g/mol. The summed E-state index contributed by atoms with van der Waals surface area (Å²) in [6, 6.07) is 20.1. The van der Waals surface area contributed by atoms with Gasteiger partial charge in [-0.2, -0.15) is 0 Å². The van der Waals surface area contributed by atoms with Crippen LogP contribution in [0.4, 0.5) is 0 Å². The molecule has 0 saturated heterocycles. The zero-order valence-electron chi connectivity index (χ0n) is 14.7. The Morgan fingerprint density at radius 3 is 1.92 bits per heavy atom. The standard InChI is InChI=1S/C23H27NO/c1-2-21(23(25)20-16-10-5-11-17-20)24-22(18-12-6-3-7-13-18)19-14-8-4-9-15-19/h2-4,6-9,12-15,20-21,23,25H,1,5,10-11,16-17H2/t21-,23+/m1/s1. The van der Waals surface area contributed by atoms with Gasteiger partial charge in [0, 0.05) is 11.1 Å². The molecule has 2 aromatic carbocycles. The summed E-state index contributed by atoms with van der Waals surface area (Å²) in [5.41, 5.74) is 3.05. The summed E-state index contributed by atoms with van der Waals surface area (Å²) in [6.07, 6.45) is 7.22. The Kier molecular flexibility index (Phi) is 6.19. The van der Waals surface area contributed by atoms with Crippen LogP contribution >= 0.6 is 0 Å². The van der Waals surface area contributed by atoms with Crippen molar-refractivity contribution in [1.82, 2.24) is 0 Å². The second-order valence-electron chi connectivity index (χ2n) is 6.82. The van der Waals surface area contributed by atoms with Crippen LogP contribution in [0.3, 0.4) is 0 Å². The number of hydrogen-bond donors (Lipinski definition) is 1. The maximum absolute atomic E-state index is 10.9. The van der Waals surface area contributed by atoms with E-state index in [1.165, 1.54) is 19.3 Å². The largest absolute Gasteiger partial charge is 0.390 e. The van der Waals surface area contributed by atoms with Gasteiger partial charge >= 0.3 is 0 Å². The summed E-state index contributed by atoms with van der Waals surface area (Å²) in [6.45, 7) is 3.95. The molecule has 25 heavy (non-hydrogen) atoms. The number of hydrogen-bond acceptors (Lipinski definition) is 2. The minimum Gasteiger partial charge on any atom is -0.390 e. The molecule has 1 aliphatic carbocycles. The van der Waals surface area contributed by atoms with Gasteiger partial charge in [0.1, 0.15) is 0 Å². The molecule has 0 aliphatic heterocycles. The van der Waals surface area contributed by atoms with E-state index < -0.39 is 6.10 Å². The molecule has 0 aromatic heterocycles. The number of benzene rings is 2. The number of aliphatic imine (C=N–C) groups is 1. The van der Waals surface area contributed by atoms with Crippen molar-refractivity contribution in [2.45, 2.75) is 44.2 Å². The Balaban J connectivity index is 1.94. The predicted octanol–water partition coefficient (Wildman–Crippen LogP) is 5.02. The number of aliphatic hydroxyl groups is 1. The maximum Gasteiger partial charge on any atom is 0.0946 e. The van der Waals surface area contributed by atoms with Crippen LogP contribution in [-0.2, 0) is 0 Å². The minimum absolute atomic E-state index is 0.279. The van der Waals surface area contributed by atoms with E-state index in [4.69, 9.17) is 4.99 Å². The fourth-order valence-electron chi connectivity index (χ4n) is 3.68. The smallest absolute Gasteiger partial charge is 0.0946 e. The maximum atomic E-state index is 10.9. The first-order chi connectivity index (χ1) is 12.3. The molecule has 0 radical (unpaired) electrons. The first-order valence-corrected chi connectivity index (χ1v) is 9.29. The van der Waals surface area contributed by atoms with Gasteiger partial charge < -0.3 is 5.11 Å². The van der Waals surface area contributed by atoms with Gasteiger partial charge in [0.25, 0.3) is 0 Å². The minimum atomic E-state index is -0.458. The average Bonchev–Trinajstić information content (AvgIpc) is 2.70. The fourth-order valence-corrected chi connectivity index (χ4v) is 3.68. The van der Waals surface area contributed by atoms with Crippen molar-refractivity contribution in [2.75, 3.05) is 0 Å². The predicted molar refractivity (Wildman–Crippen MR) is 105 cm³/mol. The molecule has 2 atom stereocenters. The van der Waals surface area contributed by atoms with Gasteiger partial charge in [0.2, 0.25) is 0 Å². The lowest BCUT2D eigenvalue weighted by Crippen LogP contribution is -2.33. The molecule has 3 rings (SSSR count). The van der Waals surface area contributed by atoms with Crippen LogP contribution < -0.4 is 0 Å². The van der Waals surface area contributed by atoms with E-state index in [1.54, 1.807) is 6.08 Å². The van der Waals surface area contributed by atoms with Crippen LogP contribution in [0.25, 0.3) is 0 Å². The Bertz CT molecular complexity index is 645. The highest BCUT2D eigenvalue weighted by molar-refractivity contribution is 6.13. The zero-order chi connectivity index (χ0) is 17.5. The molecule has 2 heteroatoms. The summed E-state index contributed by atoms with van der Waals surface area (Å²) in [5.74, 6) is 0.327. The van der Waals surface area contributed by atoms with Crippen LogP contribution in [0.2, 0.25) is 0 Å². The molecule has 0 bridgehead atoms. The van der Waals surface area contributed by atoms with E-state index >= 15 is 0 Å². The second kappa shape index (κ2) is 8.77. The van der Waals surface area contributed by atoms with Crippen LogP contribution in [0.5, 0.6) is 0 Å². The number of nitrogens with zero attached hydrogens (tertiary/aromatic N) is 1. The summed E-state index contributed by atoms with van der Waals surface area (Å²) in [5, 5.41) is 10.9. The van der Waals surface area contributed by atoms with E-state index in [9.17, 15) is 5.11 Å². The molecule has 0 unspecified atom stereocenters. The Morgan fingerprint density at radius 2 is 1.44 bits per heavy atom. The summed E-state index contributed by atoms with van der Waals surface area (Å²) >= 11 is 0. The molecule has 2 nitrogen and oxygen atoms in total. The highest BCUT2D eigenvalue weighted by Crippen LogP contribution is 2.29. The molecule has 2 aromatic rings. The topological polar surface area (TPSA) is 32.6 Å².